The number of likely N-dealkylation sites (tertiary alicyclic amines) is 1. The normalized spacial score (nSPS) is 18.8. The molecule has 1 saturated heterocycles. The number of hydrogen-bond acceptors (Lipinski definition) is 7. The van der Waals surface area contributed by atoms with E-state index in [4.69, 9.17) is 10.7 Å². The highest BCUT2D eigenvalue weighted by atomic mass is 32.1. The van der Waals surface area contributed by atoms with Crippen molar-refractivity contribution in [3.8, 4) is 21.1 Å². The summed E-state index contributed by atoms with van der Waals surface area (Å²) in [5.74, 6) is -0.494. The highest BCUT2D eigenvalue weighted by Crippen LogP contribution is 2.36. The fraction of sp³-hybridized carbons (Fsp3) is 0.316. The van der Waals surface area contributed by atoms with Crippen LogP contribution in [0.1, 0.15) is 25.5 Å². The van der Waals surface area contributed by atoms with E-state index in [9.17, 15) is 9.59 Å². The average molecular weight is 429 g/mol. The Labute approximate surface area is 175 Å². The minimum absolute atomic E-state index is 0.363. The van der Waals surface area contributed by atoms with Gasteiger partial charge in [-0.15, -0.1) is 11.3 Å². The van der Waals surface area contributed by atoms with E-state index in [0.29, 0.717) is 18.1 Å². The lowest BCUT2D eigenvalue weighted by molar-refractivity contribution is -0.126. The zero-order chi connectivity index (χ0) is 20.6. The van der Waals surface area contributed by atoms with Crippen molar-refractivity contribution in [3.05, 3.63) is 35.6 Å². The number of nitrogens with zero attached hydrogens (tertiary/aromatic N) is 4. The summed E-state index contributed by atoms with van der Waals surface area (Å²) in [6.45, 7) is 4.08. The molecule has 3 N–H and O–H groups in total. The predicted octanol–water partition coefficient (Wildman–Crippen LogP) is 3.51. The smallest absolute Gasteiger partial charge is 0.324 e. The number of aryl methyl sites for hydroxylation is 1. The van der Waals surface area contributed by atoms with Gasteiger partial charge in [0.15, 0.2) is 5.13 Å². The monoisotopic (exact) mass is 428 g/mol. The number of aromatic nitrogens is 3. The van der Waals surface area contributed by atoms with Gasteiger partial charge in [0, 0.05) is 29.9 Å². The van der Waals surface area contributed by atoms with Crippen LogP contribution in [0.5, 0.6) is 0 Å². The first kappa shape index (κ1) is 19.5. The molecule has 150 valence electrons. The molecule has 4 rings (SSSR count). The van der Waals surface area contributed by atoms with Crippen molar-refractivity contribution in [2.75, 3.05) is 11.9 Å². The van der Waals surface area contributed by atoms with Crippen molar-refractivity contribution < 1.29 is 9.59 Å². The minimum Gasteiger partial charge on any atom is -0.368 e. The van der Waals surface area contributed by atoms with E-state index < -0.39 is 11.4 Å². The van der Waals surface area contributed by atoms with Crippen LogP contribution in [0, 0.1) is 6.92 Å². The Hall–Kier alpha value is -2.85. The lowest BCUT2D eigenvalue weighted by atomic mass is 9.98. The van der Waals surface area contributed by atoms with Gasteiger partial charge >= 0.3 is 6.03 Å². The van der Waals surface area contributed by atoms with Gasteiger partial charge in [-0.2, -0.15) is 0 Å². The zero-order valence-corrected chi connectivity index (χ0v) is 17.6. The van der Waals surface area contributed by atoms with Crippen molar-refractivity contribution in [3.63, 3.8) is 0 Å². The minimum atomic E-state index is -0.966. The number of nitrogens with one attached hydrogen (secondary N) is 1. The maximum absolute atomic E-state index is 12.7. The predicted molar refractivity (Wildman–Crippen MR) is 114 cm³/mol. The third-order valence-corrected chi connectivity index (χ3v) is 7.06. The van der Waals surface area contributed by atoms with Crippen LogP contribution in [0.25, 0.3) is 21.1 Å². The Morgan fingerprint density at radius 1 is 1.34 bits per heavy atom. The summed E-state index contributed by atoms with van der Waals surface area (Å²) in [6.07, 6.45) is 4.81. The van der Waals surface area contributed by atoms with Crippen LogP contribution in [0.4, 0.5) is 9.93 Å². The Bertz CT molecular complexity index is 1060. The lowest BCUT2D eigenvalue weighted by Crippen LogP contribution is -2.55. The zero-order valence-electron chi connectivity index (χ0n) is 16.0. The number of carbonyl (C=O) groups excluding carboxylic acids is 2. The standard InChI is InChI=1S/C19H20N6O2S2/c1-11-14(13-10-28-15(23-13)12-5-3-7-21-9-12)29-17(22-11)24-18(27)25-8-4-6-19(25,2)16(20)26/h3,5,7,9-10H,4,6,8H2,1-2H3,(H2,20,26)(H,22,24,27)/t19-/m0/s1. The molecule has 1 atom stereocenters. The SMILES string of the molecule is Cc1nc(NC(=O)N2CCC[C@@]2(C)C(N)=O)sc1-c1csc(-c2cccnc2)n1. The first-order valence-electron chi connectivity index (χ1n) is 9.11. The van der Waals surface area contributed by atoms with E-state index in [-0.39, 0.29) is 6.03 Å². The van der Waals surface area contributed by atoms with Crippen LogP contribution in [-0.2, 0) is 4.79 Å². The van der Waals surface area contributed by atoms with Gasteiger partial charge in [-0.3, -0.25) is 15.1 Å². The largest absolute Gasteiger partial charge is 0.368 e. The Morgan fingerprint density at radius 2 is 2.17 bits per heavy atom. The number of primary amides is 1. The molecule has 0 saturated carbocycles. The summed E-state index contributed by atoms with van der Waals surface area (Å²) in [4.78, 5) is 40.2. The molecule has 3 amide bonds. The van der Waals surface area contributed by atoms with Gasteiger partial charge in [-0.1, -0.05) is 11.3 Å². The second-order valence-electron chi connectivity index (χ2n) is 7.04. The second-order valence-corrected chi connectivity index (χ2v) is 8.89. The van der Waals surface area contributed by atoms with Gasteiger partial charge in [0.1, 0.15) is 10.5 Å². The van der Waals surface area contributed by atoms with E-state index in [1.807, 2.05) is 24.4 Å². The Balaban J connectivity index is 1.54. The summed E-state index contributed by atoms with van der Waals surface area (Å²) >= 11 is 2.89. The van der Waals surface area contributed by atoms with Gasteiger partial charge in [0.25, 0.3) is 0 Å². The number of pyridine rings is 1. The van der Waals surface area contributed by atoms with Crippen LogP contribution in [0.15, 0.2) is 29.9 Å². The molecule has 0 bridgehead atoms. The quantitative estimate of drug-likeness (QED) is 0.660. The number of anilines is 1. The molecule has 29 heavy (non-hydrogen) atoms. The van der Waals surface area contributed by atoms with Crippen molar-refractivity contribution in [1.29, 1.82) is 0 Å². The third-order valence-electron chi connectivity index (χ3n) is 5.07. The maximum atomic E-state index is 12.7. The molecule has 0 spiro atoms. The molecular formula is C19H20N6O2S2. The van der Waals surface area contributed by atoms with Crippen LogP contribution in [0.3, 0.4) is 0 Å². The van der Waals surface area contributed by atoms with Gasteiger partial charge < -0.3 is 10.6 Å². The topological polar surface area (TPSA) is 114 Å². The number of rotatable bonds is 4. The molecule has 8 nitrogen and oxygen atoms in total. The molecule has 0 aliphatic carbocycles. The van der Waals surface area contributed by atoms with E-state index in [1.54, 1.807) is 19.3 Å². The molecule has 3 aromatic rings. The molecule has 3 aromatic heterocycles. The number of urea groups is 1. The van der Waals surface area contributed by atoms with Crippen LogP contribution < -0.4 is 11.1 Å². The molecule has 1 fully saturated rings. The molecule has 0 unspecified atom stereocenters. The molecule has 0 aromatic carbocycles. The summed E-state index contributed by atoms with van der Waals surface area (Å²) in [5.41, 5.74) is 7.11. The lowest BCUT2D eigenvalue weighted by Gasteiger charge is -2.31. The van der Waals surface area contributed by atoms with E-state index in [1.165, 1.54) is 27.6 Å². The van der Waals surface area contributed by atoms with Crippen LogP contribution >= 0.6 is 22.7 Å². The molecule has 1 aliphatic rings. The fourth-order valence-electron chi connectivity index (χ4n) is 3.39. The van der Waals surface area contributed by atoms with E-state index in [0.717, 1.165) is 33.3 Å². The number of hydrogen-bond donors (Lipinski definition) is 2. The summed E-state index contributed by atoms with van der Waals surface area (Å²) in [5, 5.41) is 6.13. The molecule has 10 heteroatoms. The molecular weight excluding hydrogens is 408 g/mol. The Morgan fingerprint density at radius 3 is 2.90 bits per heavy atom. The summed E-state index contributed by atoms with van der Waals surface area (Å²) < 4.78 is 0. The van der Waals surface area contributed by atoms with Crippen molar-refractivity contribution in [2.24, 2.45) is 5.73 Å². The average Bonchev–Trinajstić information content (AvgIpc) is 3.41. The van der Waals surface area contributed by atoms with Crippen molar-refractivity contribution in [1.82, 2.24) is 19.9 Å². The summed E-state index contributed by atoms with van der Waals surface area (Å²) in [6, 6.07) is 3.48. The van der Waals surface area contributed by atoms with Crippen LogP contribution in [0.2, 0.25) is 0 Å². The van der Waals surface area contributed by atoms with Crippen molar-refractivity contribution in [2.45, 2.75) is 32.2 Å². The molecule has 1 aliphatic heterocycles. The molecule has 4 heterocycles. The number of thiazole rings is 2. The first-order valence-corrected chi connectivity index (χ1v) is 10.8. The van der Waals surface area contributed by atoms with Gasteiger partial charge in [-0.25, -0.2) is 14.8 Å². The molecule has 0 radical (unpaired) electrons. The maximum Gasteiger partial charge on any atom is 0.324 e. The van der Waals surface area contributed by atoms with Gasteiger partial charge in [0.05, 0.1) is 16.3 Å². The van der Waals surface area contributed by atoms with Gasteiger partial charge in [-0.05, 0) is 38.8 Å². The highest BCUT2D eigenvalue weighted by Gasteiger charge is 2.44. The van der Waals surface area contributed by atoms with Crippen LogP contribution in [-0.4, -0.2) is 43.9 Å². The number of nitrogens with two attached hydrogens (primary N) is 1. The van der Waals surface area contributed by atoms with Gasteiger partial charge in [0.2, 0.25) is 5.91 Å². The first-order chi connectivity index (χ1) is 13.9. The van der Waals surface area contributed by atoms with E-state index in [2.05, 4.69) is 15.3 Å². The fourth-order valence-corrected chi connectivity index (χ4v) is 5.18. The van der Waals surface area contributed by atoms with Crippen molar-refractivity contribution >= 4 is 39.7 Å². The Kier molecular flexibility index (Phi) is 5.05. The second kappa shape index (κ2) is 7.53. The number of amides is 3. The van der Waals surface area contributed by atoms with E-state index >= 15 is 0 Å². The summed E-state index contributed by atoms with van der Waals surface area (Å²) in [7, 11) is 0. The number of carbonyl (C=O) groups is 2. The highest BCUT2D eigenvalue weighted by molar-refractivity contribution is 7.19. The third kappa shape index (κ3) is 3.60.